The zero-order valence-corrected chi connectivity index (χ0v) is 24.1. The lowest BCUT2D eigenvalue weighted by molar-refractivity contribution is -0.113. The predicted octanol–water partition coefficient (Wildman–Crippen LogP) is 5.39. The van der Waals surface area contributed by atoms with Gasteiger partial charge in [-0.1, -0.05) is 13.0 Å². The number of aryl methyl sites for hydroxylation is 1. The van der Waals surface area contributed by atoms with E-state index >= 15 is 8.78 Å². The van der Waals surface area contributed by atoms with Gasteiger partial charge in [0.05, 0.1) is 22.9 Å². The van der Waals surface area contributed by atoms with Crippen LogP contribution in [0, 0.1) is 17.0 Å². The van der Waals surface area contributed by atoms with Crippen LogP contribution in [0.3, 0.4) is 0 Å². The molecular formula is C32H32F2N4O5. The molecule has 2 saturated carbocycles. The fourth-order valence-corrected chi connectivity index (χ4v) is 5.95. The van der Waals surface area contributed by atoms with E-state index in [-0.39, 0.29) is 48.6 Å². The van der Waals surface area contributed by atoms with E-state index in [1.54, 1.807) is 24.4 Å². The first-order valence-electron chi connectivity index (χ1n) is 14.7. The third-order valence-corrected chi connectivity index (χ3v) is 8.62. The normalized spacial score (nSPS) is 20.5. The summed E-state index contributed by atoms with van der Waals surface area (Å²) in [5.41, 5.74) is 0.332. The zero-order chi connectivity index (χ0) is 29.7. The van der Waals surface area contributed by atoms with Gasteiger partial charge in [0.2, 0.25) is 0 Å². The van der Waals surface area contributed by atoms with Gasteiger partial charge in [-0.3, -0.25) is 4.98 Å². The smallest absolute Gasteiger partial charge is 0.319 e. The molecule has 0 amide bonds. The molecule has 0 spiro atoms. The van der Waals surface area contributed by atoms with E-state index in [9.17, 15) is 4.79 Å². The second kappa shape index (κ2) is 10.9. The largest absolute Gasteiger partial charge is 0.468 e. The summed E-state index contributed by atoms with van der Waals surface area (Å²) in [6.45, 7) is 3.29. The second-order valence-electron chi connectivity index (χ2n) is 11.5. The van der Waals surface area contributed by atoms with E-state index in [0.29, 0.717) is 58.4 Å². The van der Waals surface area contributed by atoms with Gasteiger partial charge in [-0.25, -0.2) is 8.78 Å². The van der Waals surface area contributed by atoms with Crippen molar-refractivity contribution in [3.8, 4) is 23.0 Å². The lowest BCUT2D eigenvalue weighted by Gasteiger charge is -2.24. The lowest BCUT2D eigenvalue weighted by atomic mass is 9.94. The summed E-state index contributed by atoms with van der Waals surface area (Å²) in [7, 11) is 1.51. The second-order valence-corrected chi connectivity index (χ2v) is 11.5. The lowest BCUT2D eigenvalue weighted by Crippen LogP contribution is -2.29. The molecule has 0 N–H and O–H groups in total. The summed E-state index contributed by atoms with van der Waals surface area (Å²) in [6.07, 6.45) is 6.09. The number of pyridine rings is 1. The Morgan fingerprint density at radius 1 is 1.19 bits per heavy atom. The van der Waals surface area contributed by atoms with Gasteiger partial charge in [-0.15, -0.1) is 0 Å². The number of rotatable bonds is 10. The van der Waals surface area contributed by atoms with Crippen LogP contribution in [0.25, 0.3) is 32.9 Å². The van der Waals surface area contributed by atoms with Crippen LogP contribution in [0.1, 0.15) is 38.2 Å². The van der Waals surface area contributed by atoms with Crippen molar-refractivity contribution in [1.29, 1.82) is 0 Å². The molecule has 0 bridgehead atoms. The van der Waals surface area contributed by atoms with Crippen LogP contribution in [0.15, 0.2) is 30.5 Å². The maximum atomic E-state index is 16.8. The molecule has 4 aromatic rings. The van der Waals surface area contributed by atoms with Crippen molar-refractivity contribution >= 4 is 33.8 Å². The number of halogens is 2. The molecular weight excluding hydrogens is 558 g/mol. The van der Waals surface area contributed by atoms with Crippen LogP contribution in [-0.4, -0.2) is 67.0 Å². The van der Waals surface area contributed by atoms with E-state index in [1.165, 1.54) is 13.2 Å². The molecule has 43 heavy (non-hydrogen) atoms. The van der Waals surface area contributed by atoms with Crippen molar-refractivity contribution < 1.29 is 32.5 Å². The predicted molar refractivity (Wildman–Crippen MR) is 155 cm³/mol. The minimum Gasteiger partial charge on any atom is -0.468 e. The quantitative estimate of drug-likeness (QED) is 0.178. The molecule has 224 valence electrons. The topological polar surface area (TPSA) is 95.9 Å². The van der Waals surface area contributed by atoms with Gasteiger partial charge in [0, 0.05) is 32.0 Å². The van der Waals surface area contributed by atoms with Gasteiger partial charge in [0.1, 0.15) is 41.5 Å². The van der Waals surface area contributed by atoms with E-state index in [1.807, 2.05) is 6.92 Å². The highest BCUT2D eigenvalue weighted by Gasteiger charge is 2.46. The maximum absolute atomic E-state index is 16.8. The van der Waals surface area contributed by atoms with Crippen molar-refractivity contribution in [2.45, 2.75) is 51.2 Å². The molecule has 3 heterocycles. The summed E-state index contributed by atoms with van der Waals surface area (Å²) >= 11 is 0. The van der Waals surface area contributed by atoms with Crippen molar-refractivity contribution in [2.24, 2.45) is 5.41 Å². The summed E-state index contributed by atoms with van der Waals surface area (Å²) in [6, 6.07) is 6.59. The number of hydrogen-bond donors (Lipinski definition) is 0. The maximum Gasteiger partial charge on any atom is 0.319 e. The first-order chi connectivity index (χ1) is 20.9. The molecule has 11 heteroatoms. The van der Waals surface area contributed by atoms with Crippen LogP contribution < -0.4 is 14.4 Å². The van der Waals surface area contributed by atoms with Crippen molar-refractivity contribution in [3.63, 3.8) is 0 Å². The van der Waals surface area contributed by atoms with Gasteiger partial charge >= 0.3 is 6.01 Å². The van der Waals surface area contributed by atoms with Gasteiger partial charge < -0.3 is 28.6 Å². The van der Waals surface area contributed by atoms with Crippen LogP contribution in [0.4, 0.5) is 14.6 Å². The number of benzene rings is 2. The Labute approximate surface area is 247 Å². The van der Waals surface area contributed by atoms with Crippen LogP contribution >= 0.6 is 0 Å². The summed E-state index contributed by atoms with van der Waals surface area (Å²) in [4.78, 5) is 27.6. The van der Waals surface area contributed by atoms with Crippen molar-refractivity contribution in [3.05, 3.63) is 47.7 Å². The first-order valence-corrected chi connectivity index (χ1v) is 14.7. The Bertz CT molecular complexity index is 1730. The Morgan fingerprint density at radius 3 is 2.81 bits per heavy atom. The molecule has 2 atom stereocenters. The minimum atomic E-state index is -0.683. The average Bonchev–Trinajstić information content (AvgIpc) is 3.94. The van der Waals surface area contributed by atoms with Crippen LogP contribution in [0.5, 0.6) is 11.8 Å². The van der Waals surface area contributed by atoms with Gasteiger partial charge in [0.25, 0.3) is 0 Å². The molecule has 7 rings (SSSR count). The molecule has 3 fully saturated rings. The molecule has 1 aliphatic heterocycles. The monoisotopic (exact) mass is 590 g/mol. The molecule has 1 saturated heterocycles. The fraction of sp³-hybridized carbons (Fsp3) is 0.438. The summed E-state index contributed by atoms with van der Waals surface area (Å²) in [5, 5.41) is 1.68. The minimum absolute atomic E-state index is 0.00336. The summed E-state index contributed by atoms with van der Waals surface area (Å²) in [5.74, 6) is -0.110. The number of methoxy groups -OCH3 is 1. The third-order valence-electron chi connectivity index (χ3n) is 8.62. The SMILES string of the molecule is CCc1c(F)ccc2cc(OCOC)cc(-c3ncc4c(N5CCCOC6CC65)nc(OCC5(C=O)CC5)nc4c3F)c12. The van der Waals surface area contributed by atoms with Crippen LogP contribution in [-0.2, 0) is 20.7 Å². The Hall–Kier alpha value is -3.96. The molecule has 2 aromatic carbocycles. The van der Waals surface area contributed by atoms with Crippen molar-refractivity contribution in [2.75, 3.05) is 38.6 Å². The highest BCUT2D eigenvalue weighted by atomic mass is 19.1. The Kier molecular flexibility index (Phi) is 7.09. The number of aldehydes is 1. The number of fused-ring (bicyclic) bond motifs is 3. The molecule has 2 aliphatic carbocycles. The van der Waals surface area contributed by atoms with E-state index in [2.05, 4.69) is 14.9 Å². The number of aromatic nitrogens is 3. The zero-order valence-electron chi connectivity index (χ0n) is 24.1. The van der Waals surface area contributed by atoms with Crippen LogP contribution in [0.2, 0.25) is 0 Å². The number of carbonyl (C=O) groups excluding carboxylic acids is 1. The molecule has 9 nitrogen and oxygen atoms in total. The van der Waals surface area contributed by atoms with Gasteiger partial charge in [-0.2, -0.15) is 9.97 Å². The van der Waals surface area contributed by atoms with E-state index < -0.39 is 11.2 Å². The number of ether oxygens (including phenoxy) is 4. The number of anilines is 1. The Morgan fingerprint density at radius 2 is 2.05 bits per heavy atom. The van der Waals surface area contributed by atoms with E-state index in [0.717, 1.165) is 32.0 Å². The number of carbonyl (C=O) groups is 1. The fourth-order valence-electron chi connectivity index (χ4n) is 5.95. The van der Waals surface area contributed by atoms with E-state index in [4.69, 9.17) is 23.9 Å². The average molecular weight is 591 g/mol. The van der Waals surface area contributed by atoms with Gasteiger partial charge in [0.15, 0.2) is 12.6 Å². The summed E-state index contributed by atoms with van der Waals surface area (Å²) < 4.78 is 54.5. The standard InChI is InChI=1S/C32H32F2N4O5/c1-3-20-23(33)6-5-18-11-19(43-17-40-2)12-21(26(18)20)28-27(34)29-22(14-35-28)30(38-9-4-10-41-25-13-24(25)38)37-31(36-29)42-16-32(15-39)7-8-32/h5-6,11-12,14-15,24-25H,3-4,7-10,13,16-17H2,1-2H3. The highest BCUT2D eigenvalue weighted by molar-refractivity contribution is 6.02. The van der Waals surface area contributed by atoms with Crippen molar-refractivity contribution in [1.82, 2.24) is 15.0 Å². The molecule has 3 aliphatic rings. The highest BCUT2D eigenvalue weighted by Crippen LogP contribution is 2.45. The molecule has 2 aromatic heterocycles. The van der Waals surface area contributed by atoms with Gasteiger partial charge in [-0.05, 0) is 66.6 Å². The third kappa shape index (κ3) is 5.04. The number of hydrogen-bond acceptors (Lipinski definition) is 9. The first kappa shape index (κ1) is 27.8. The molecule has 2 unspecified atom stereocenters. The Balaban J connectivity index is 1.42. The number of nitrogens with zero attached hydrogens (tertiary/aromatic N) is 4. The molecule has 0 radical (unpaired) electrons.